The number of hydrogen-bond donors (Lipinski definition) is 1. The van der Waals surface area contributed by atoms with Gasteiger partial charge in [0.05, 0.1) is 4.90 Å². The molecule has 1 aromatic heterocycles. The average Bonchev–Trinajstić information content (AvgIpc) is 3.29. The quantitative estimate of drug-likeness (QED) is 0.107. The number of halogens is 4. The van der Waals surface area contributed by atoms with E-state index < -0.39 is 54.6 Å². The number of aryl methyl sites for hydroxylation is 1. The van der Waals surface area contributed by atoms with Crippen LogP contribution in [-0.4, -0.2) is 44.1 Å². The summed E-state index contributed by atoms with van der Waals surface area (Å²) in [5.41, 5.74) is -2.14. The van der Waals surface area contributed by atoms with Crippen molar-refractivity contribution in [3.05, 3.63) is 93.9 Å². The first-order valence-electron chi connectivity index (χ1n) is 15.1. The zero-order valence-electron chi connectivity index (χ0n) is 26.5. The molecule has 46 heavy (non-hydrogen) atoms. The molecule has 0 amide bonds. The van der Waals surface area contributed by atoms with Gasteiger partial charge in [0.15, 0.2) is 0 Å². The summed E-state index contributed by atoms with van der Waals surface area (Å²) in [6.07, 6.45) is -1.39. The molecule has 1 unspecified atom stereocenters. The molecule has 1 heterocycles. The van der Waals surface area contributed by atoms with Crippen LogP contribution in [0.5, 0.6) is 0 Å². The Balaban J connectivity index is 1.72. The Kier molecular flexibility index (Phi) is 11.1. The van der Waals surface area contributed by atoms with E-state index in [1.807, 2.05) is 0 Å². The van der Waals surface area contributed by atoms with E-state index in [-0.39, 0.29) is 34.9 Å². The normalized spacial score (nSPS) is 12.8. The third kappa shape index (κ3) is 8.38. The van der Waals surface area contributed by atoms with Gasteiger partial charge in [-0.2, -0.15) is 0 Å². The number of alkyl halides is 3. The van der Waals surface area contributed by atoms with Crippen molar-refractivity contribution in [2.75, 3.05) is 0 Å². The van der Waals surface area contributed by atoms with E-state index in [2.05, 4.69) is 16.7 Å². The third-order valence-corrected chi connectivity index (χ3v) is 11.8. The van der Waals surface area contributed by atoms with Gasteiger partial charge in [-0.15, -0.1) is 0 Å². The minimum atomic E-state index is -4.71. The summed E-state index contributed by atoms with van der Waals surface area (Å²) in [7, 11) is -3.94. The molecule has 7 nitrogen and oxygen atoms in total. The van der Waals surface area contributed by atoms with E-state index in [0.29, 0.717) is 11.1 Å². The van der Waals surface area contributed by atoms with Gasteiger partial charge >= 0.3 is 196 Å². The Bertz CT molecular complexity index is 1860. The second-order valence-corrected chi connectivity index (χ2v) is 16.7. The van der Waals surface area contributed by atoms with Crippen molar-refractivity contribution in [1.82, 2.24) is 19.1 Å². The predicted molar refractivity (Wildman–Crippen MR) is 174 cm³/mol. The first-order chi connectivity index (χ1) is 21.6. The average molecular weight is 723 g/mol. The molecule has 0 aliphatic carbocycles. The van der Waals surface area contributed by atoms with Crippen LogP contribution in [0.15, 0.2) is 70.4 Å². The number of hydrogen-bond acceptors (Lipinski definition) is 4. The second kappa shape index (κ2) is 14.3. The van der Waals surface area contributed by atoms with E-state index in [1.54, 1.807) is 52.0 Å². The fourth-order valence-corrected chi connectivity index (χ4v) is 9.16. The zero-order valence-corrected chi connectivity index (χ0v) is 29.4. The van der Waals surface area contributed by atoms with E-state index in [4.69, 9.17) is 0 Å². The standard InChI is InChI=1S/C33H39AsF4N4O3S/c1-6-8-11-18-34-24-16-17-26(33(36,37)38)28(20-24)42-31(43)41(30(7-2)39-42)21-23-15-14-22(19-27(23)35)25-12-9-10-13-29(25)46(44,45)40-32(3,4)5/h9-10,12-17,19-20,34,40H,6-8,11,18,21H2,1-5H3. The topological polar surface area (TPSA) is 86.0 Å². The Morgan fingerprint density at radius 3 is 2.30 bits per heavy atom. The van der Waals surface area contributed by atoms with Crippen LogP contribution in [-0.2, 0) is 29.2 Å². The maximum absolute atomic E-state index is 15.6. The Morgan fingerprint density at radius 2 is 1.67 bits per heavy atom. The summed E-state index contributed by atoms with van der Waals surface area (Å²) >= 11 is -0.705. The molecule has 248 valence electrons. The summed E-state index contributed by atoms with van der Waals surface area (Å²) in [6.45, 7) is 8.67. The van der Waals surface area contributed by atoms with Crippen molar-refractivity contribution in [3.63, 3.8) is 0 Å². The summed E-state index contributed by atoms with van der Waals surface area (Å²) in [6, 6.07) is 14.3. The van der Waals surface area contributed by atoms with Gasteiger partial charge in [0.2, 0.25) is 10.0 Å². The van der Waals surface area contributed by atoms with Crippen molar-refractivity contribution in [2.45, 2.75) is 88.7 Å². The molecule has 1 atom stereocenters. The van der Waals surface area contributed by atoms with Crippen LogP contribution in [0.1, 0.15) is 70.8 Å². The SMILES string of the molecule is CCCCC[AsH]c1ccc(C(F)(F)F)c(-n2nc(CC)n(Cc3ccc(-c4ccccc4S(=O)(=O)NC(C)(C)C)cc3F)c2=O)c1. The number of sulfonamides is 1. The zero-order chi connectivity index (χ0) is 33.9. The maximum atomic E-state index is 15.6. The van der Waals surface area contributed by atoms with Gasteiger partial charge in [0.1, 0.15) is 0 Å². The van der Waals surface area contributed by atoms with Gasteiger partial charge in [0.25, 0.3) is 0 Å². The first-order valence-corrected chi connectivity index (χ1v) is 19.1. The Labute approximate surface area is 273 Å². The van der Waals surface area contributed by atoms with E-state index in [9.17, 15) is 26.4 Å². The number of aromatic nitrogens is 3. The fraction of sp³-hybridized carbons (Fsp3) is 0.394. The number of benzene rings is 3. The summed E-state index contributed by atoms with van der Waals surface area (Å²) in [5.74, 6) is -0.499. The molecular weight excluding hydrogens is 683 g/mol. The third-order valence-electron chi connectivity index (χ3n) is 7.21. The van der Waals surface area contributed by atoms with E-state index in [0.717, 1.165) is 39.6 Å². The van der Waals surface area contributed by atoms with Gasteiger partial charge in [-0.05, 0) is 26.8 Å². The molecule has 0 saturated heterocycles. The molecule has 0 radical (unpaired) electrons. The van der Waals surface area contributed by atoms with Crippen molar-refractivity contribution in [1.29, 1.82) is 0 Å². The van der Waals surface area contributed by atoms with Crippen molar-refractivity contribution in [3.8, 4) is 16.8 Å². The van der Waals surface area contributed by atoms with Crippen LogP contribution in [0, 0.1) is 5.82 Å². The Hall–Kier alpha value is -3.21. The fourth-order valence-electron chi connectivity index (χ4n) is 5.09. The number of nitrogens with one attached hydrogen (secondary N) is 1. The number of rotatable bonds is 12. The Morgan fingerprint density at radius 1 is 0.957 bits per heavy atom. The number of unbranched alkanes of at least 4 members (excludes halogenated alkanes) is 2. The van der Waals surface area contributed by atoms with Gasteiger partial charge < -0.3 is 0 Å². The molecule has 3 aromatic carbocycles. The van der Waals surface area contributed by atoms with Crippen molar-refractivity contribution < 1.29 is 26.0 Å². The van der Waals surface area contributed by atoms with Crippen LogP contribution in [0.4, 0.5) is 17.6 Å². The van der Waals surface area contributed by atoms with Gasteiger partial charge in [-0.25, -0.2) is 13.1 Å². The van der Waals surface area contributed by atoms with Crippen molar-refractivity contribution in [2.24, 2.45) is 0 Å². The van der Waals surface area contributed by atoms with Crippen molar-refractivity contribution >= 4 is 30.1 Å². The number of nitrogens with zero attached hydrogens (tertiary/aromatic N) is 3. The molecule has 0 fully saturated rings. The molecule has 1 N–H and O–H groups in total. The summed E-state index contributed by atoms with van der Waals surface area (Å²) < 4.78 is 89.4. The molecule has 0 aliphatic rings. The molecule has 4 rings (SSSR count). The predicted octanol–water partition coefficient (Wildman–Crippen LogP) is 6.22. The van der Waals surface area contributed by atoms with E-state index in [1.165, 1.54) is 34.9 Å². The monoisotopic (exact) mass is 722 g/mol. The molecular formula is C33H39AsF4N4O3S. The van der Waals surface area contributed by atoms with E-state index >= 15 is 4.39 Å². The van der Waals surface area contributed by atoms with Gasteiger partial charge in [-0.3, -0.25) is 0 Å². The molecule has 0 spiro atoms. The summed E-state index contributed by atoms with van der Waals surface area (Å²) in [4.78, 5) is 13.6. The van der Waals surface area contributed by atoms with Crippen LogP contribution in [0.25, 0.3) is 16.8 Å². The second-order valence-electron chi connectivity index (χ2n) is 12.1. The minimum absolute atomic E-state index is 0.0151. The molecule has 0 bridgehead atoms. The molecule has 4 aromatic rings. The van der Waals surface area contributed by atoms with Gasteiger partial charge in [0, 0.05) is 5.54 Å². The van der Waals surface area contributed by atoms with Crippen LogP contribution in [0.2, 0.25) is 5.21 Å². The van der Waals surface area contributed by atoms with Crippen LogP contribution >= 0.6 is 0 Å². The van der Waals surface area contributed by atoms with Crippen LogP contribution in [0.3, 0.4) is 0 Å². The molecule has 0 aliphatic heterocycles. The summed E-state index contributed by atoms with van der Waals surface area (Å²) in [5, 5.41) is 5.20. The first kappa shape index (κ1) is 35.6. The van der Waals surface area contributed by atoms with Gasteiger partial charge in [-0.1, -0.05) is 18.2 Å². The molecule has 13 heteroatoms. The van der Waals surface area contributed by atoms with Crippen LogP contribution < -0.4 is 14.8 Å². The molecule has 0 saturated carbocycles.